The van der Waals surface area contributed by atoms with Crippen LogP contribution in [0.15, 0.2) is 60.7 Å². The van der Waals surface area contributed by atoms with Gasteiger partial charge < -0.3 is 44.3 Å². The topological polar surface area (TPSA) is 122 Å². The van der Waals surface area contributed by atoms with E-state index in [1.54, 1.807) is 0 Å². The normalized spacial score (nSPS) is 13.7. The van der Waals surface area contributed by atoms with Gasteiger partial charge in [0, 0.05) is 26.2 Å². The number of aliphatic hydroxyl groups excluding tert-OH is 3. The summed E-state index contributed by atoms with van der Waals surface area (Å²) in [5.74, 6) is 1.46. The van der Waals surface area contributed by atoms with Gasteiger partial charge in [-0.15, -0.1) is 0 Å². The molecule has 0 aliphatic carbocycles. The summed E-state index contributed by atoms with van der Waals surface area (Å²) in [5.41, 5.74) is 0. The van der Waals surface area contributed by atoms with E-state index < -0.39 is 13.6 Å². The van der Waals surface area contributed by atoms with Gasteiger partial charge in [0.05, 0.1) is 6.10 Å². The van der Waals surface area contributed by atoms with E-state index in [1.807, 2.05) is 60.7 Å². The van der Waals surface area contributed by atoms with Gasteiger partial charge in [0.2, 0.25) is 0 Å². The van der Waals surface area contributed by atoms with Gasteiger partial charge in [-0.1, -0.05) is 43.3 Å². The van der Waals surface area contributed by atoms with Gasteiger partial charge in [0.1, 0.15) is 57.3 Å². The standard InChI is InChI=1S/C30H48N2O8/c1-2-26(38-23-33)11-9-10-16-31-17-18-32(19-29(39-24-34)21-36-27-12-5-3-6-13-27)20-30(40-25-35)22-37-28-14-7-4-8-15-28/h3-8,12-15,26,29-31,33-35H,2,9-11,16-25H2,1H3. The SMILES string of the molecule is CCC(CCCCNCCN(CC(COc1ccccc1)OCO)CC(COc1ccccc1)OCO)OCO. The molecule has 10 nitrogen and oxygen atoms in total. The first-order valence-electron chi connectivity index (χ1n) is 14.1. The van der Waals surface area contributed by atoms with Crippen molar-refractivity contribution in [2.24, 2.45) is 0 Å². The highest BCUT2D eigenvalue weighted by atomic mass is 16.6. The van der Waals surface area contributed by atoms with Crippen molar-refractivity contribution in [3.63, 3.8) is 0 Å². The Balaban J connectivity index is 1.91. The predicted molar refractivity (Wildman–Crippen MR) is 153 cm³/mol. The fourth-order valence-electron chi connectivity index (χ4n) is 4.26. The molecule has 3 unspecified atom stereocenters. The third-order valence-electron chi connectivity index (χ3n) is 6.40. The van der Waals surface area contributed by atoms with Crippen molar-refractivity contribution in [3.8, 4) is 11.5 Å². The van der Waals surface area contributed by atoms with Crippen LogP contribution in [0.3, 0.4) is 0 Å². The maximum Gasteiger partial charge on any atom is 0.144 e. The molecule has 0 radical (unpaired) electrons. The largest absolute Gasteiger partial charge is 0.491 e. The molecule has 0 saturated carbocycles. The van der Waals surface area contributed by atoms with Crippen LogP contribution in [-0.2, 0) is 14.2 Å². The third kappa shape index (κ3) is 15.5. The minimum absolute atomic E-state index is 0.101. The number of ether oxygens (including phenoxy) is 5. The lowest BCUT2D eigenvalue weighted by molar-refractivity contribution is -0.0944. The highest BCUT2D eigenvalue weighted by Gasteiger charge is 2.21. The van der Waals surface area contributed by atoms with Gasteiger partial charge in [-0.2, -0.15) is 0 Å². The lowest BCUT2D eigenvalue weighted by atomic mass is 10.1. The Hall–Kier alpha value is -2.28. The number of hydrogen-bond acceptors (Lipinski definition) is 10. The minimum Gasteiger partial charge on any atom is -0.491 e. The second-order valence-corrected chi connectivity index (χ2v) is 9.42. The molecule has 0 aliphatic rings. The Morgan fingerprint density at radius 2 is 1.18 bits per heavy atom. The van der Waals surface area contributed by atoms with E-state index >= 15 is 0 Å². The van der Waals surface area contributed by atoms with Crippen molar-refractivity contribution in [2.45, 2.75) is 50.9 Å². The Morgan fingerprint density at radius 1 is 0.675 bits per heavy atom. The van der Waals surface area contributed by atoms with Crippen molar-refractivity contribution in [3.05, 3.63) is 60.7 Å². The minimum atomic E-state index is -0.415. The Labute approximate surface area is 238 Å². The summed E-state index contributed by atoms with van der Waals surface area (Å²) < 4.78 is 28.3. The van der Waals surface area contributed by atoms with Gasteiger partial charge >= 0.3 is 0 Å². The number of nitrogens with zero attached hydrogens (tertiary/aromatic N) is 1. The number of aliphatic hydroxyl groups is 3. The molecule has 0 amide bonds. The van der Waals surface area contributed by atoms with Gasteiger partial charge in [0.25, 0.3) is 0 Å². The van der Waals surface area contributed by atoms with E-state index in [9.17, 15) is 10.2 Å². The summed E-state index contributed by atoms with van der Waals surface area (Å²) in [4.78, 5) is 2.17. The molecule has 3 atom stereocenters. The molecule has 0 fully saturated rings. The van der Waals surface area contributed by atoms with E-state index in [4.69, 9.17) is 28.8 Å². The van der Waals surface area contributed by atoms with E-state index in [1.165, 1.54) is 0 Å². The first-order chi connectivity index (χ1) is 19.7. The van der Waals surface area contributed by atoms with Crippen molar-refractivity contribution < 1.29 is 39.0 Å². The molecule has 2 aromatic rings. The van der Waals surface area contributed by atoms with Gasteiger partial charge in [-0.3, -0.25) is 4.90 Å². The van der Waals surface area contributed by atoms with Gasteiger partial charge in [0.15, 0.2) is 0 Å². The quantitative estimate of drug-likeness (QED) is 0.106. The van der Waals surface area contributed by atoms with E-state index in [-0.39, 0.29) is 38.3 Å². The predicted octanol–water partition coefficient (Wildman–Crippen LogP) is 2.62. The Kier molecular flexibility index (Phi) is 19.0. The lowest BCUT2D eigenvalue weighted by Crippen LogP contribution is -2.46. The number of unbranched alkanes of at least 4 members (excludes halogenated alkanes) is 1. The summed E-state index contributed by atoms with van der Waals surface area (Å²) in [5, 5.41) is 31.5. The number of nitrogens with one attached hydrogen (secondary N) is 1. The van der Waals surface area contributed by atoms with E-state index in [0.29, 0.717) is 19.6 Å². The van der Waals surface area contributed by atoms with Crippen LogP contribution < -0.4 is 14.8 Å². The molecule has 40 heavy (non-hydrogen) atoms. The monoisotopic (exact) mass is 564 g/mol. The average molecular weight is 565 g/mol. The summed E-state index contributed by atoms with van der Waals surface area (Å²) in [6, 6.07) is 19.0. The first kappa shape index (κ1) is 33.9. The van der Waals surface area contributed by atoms with E-state index in [0.717, 1.165) is 50.3 Å². The summed E-state index contributed by atoms with van der Waals surface area (Å²) >= 11 is 0. The molecule has 0 saturated heterocycles. The maximum atomic E-state index is 9.50. The zero-order valence-electron chi connectivity index (χ0n) is 23.7. The fraction of sp³-hybridized carbons (Fsp3) is 0.600. The van der Waals surface area contributed by atoms with E-state index in [2.05, 4.69) is 17.1 Å². The molecule has 0 bridgehead atoms. The highest BCUT2D eigenvalue weighted by Crippen LogP contribution is 2.12. The number of hydrogen-bond donors (Lipinski definition) is 4. The van der Waals surface area contributed by atoms with Crippen LogP contribution in [0.5, 0.6) is 11.5 Å². The molecular formula is C30H48N2O8. The van der Waals surface area contributed by atoms with Gasteiger partial charge in [-0.25, -0.2) is 0 Å². The molecule has 0 aromatic heterocycles. The molecule has 4 N–H and O–H groups in total. The summed E-state index contributed by atoms with van der Waals surface area (Å²) in [6.07, 6.45) is 3.17. The number of rotatable bonds is 25. The zero-order valence-corrected chi connectivity index (χ0v) is 23.7. The third-order valence-corrected chi connectivity index (χ3v) is 6.40. The number of benzene rings is 2. The van der Waals surface area contributed by atoms with Crippen LogP contribution in [0.2, 0.25) is 0 Å². The molecule has 0 aliphatic heterocycles. The van der Waals surface area contributed by atoms with Crippen LogP contribution in [0.4, 0.5) is 0 Å². The number of para-hydroxylation sites is 2. The van der Waals surface area contributed by atoms with Crippen molar-refractivity contribution >= 4 is 0 Å². The summed E-state index contributed by atoms with van der Waals surface area (Å²) in [6.45, 7) is 4.81. The molecule has 0 spiro atoms. The van der Waals surface area contributed by atoms with Crippen LogP contribution in [0.1, 0.15) is 32.6 Å². The molecule has 2 rings (SSSR count). The van der Waals surface area contributed by atoms with Crippen LogP contribution in [0, 0.1) is 0 Å². The second-order valence-electron chi connectivity index (χ2n) is 9.42. The van der Waals surface area contributed by atoms with Crippen molar-refractivity contribution in [2.75, 3.05) is 66.3 Å². The van der Waals surface area contributed by atoms with Crippen LogP contribution >= 0.6 is 0 Å². The second kappa shape index (κ2) is 22.4. The summed E-state index contributed by atoms with van der Waals surface area (Å²) in [7, 11) is 0. The van der Waals surface area contributed by atoms with Crippen LogP contribution in [0.25, 0.3) is 0 Å². The lowest BCUT2D eigenvalue weighted by Gasteiger charge is -2.30. The Bertz CT molecular complexity index is 777. The molecular weight excluding hydrogens is 516 g/mol. The van der Waals surface area contributed by atoms with Gasteiger partial charge in [-0.05, 0) is 56.5 Å². The van der Waals surface area contributed by atoms with Crippen molar-refractivity contribution in [1.29, 1.82) is 0 Å². The maximum absolute atomic E-state index is 9.50. The molecule has 0 heterocycles. The van der Waals surface area contributed by atoms with Crippen LogP contribution in [-0.4, -0.2) is 105 Å². The fourth-order valence-corrected chi connectivity index (χ4v) is 4.26. The molecule has 226 valence electrons. The average Bonchev–Trinajstić information content (AvgIpc) is 2.98. The molecule has 2 aromatic carbocycles. The smallest absolute Gasteiger partial charge is 0.144 e. The highest BCUT2D eigenvalue weighted by molar-refractivity contribution is 5.21. The van der Waals surface area contributed by atoms with Crippen molar-refractivity contribution in [1.82, 2.24) is 10.2 Å². The molecule has 10 heteroatoms. The first-order valence-corrected chi connectivity index (χ1v) is 14.1. The zero-order chi connectivity index (χ0) is 28.7. The Morgan fingerprint density at radius 3 is 1.65 bits per heavy atom.